The van der Waals surface area contributed by atoms with Gasteiger partial charge in [-0.05, 0) is 49.0 Å². The number of carbonyl (C=O) groups excluding carboxylic acids is 1. The monoisotopic (exact) mass is 430 g/mol. The molecule has 2 aromatic rings. The zero-order chi connectivity index (χ0) is 20.5. The summed E-state index contributed by atoms with van der Waals surface area (Å²) >= 11 is 11.7. The van der Waals surface area contributed by atoms with E-state index in [1.807, 2.05) is 37.3 Å². The lowest BCUT2D eigenvalue weighted by Gasteiger charge is -2.37. The Bertz CT molecular complexity index is 1010. The Morgan fingerprint density at radius 3 is 2.55 bits per heavy atom. The molecule has 0 radical (unpaired) electrons. The van der Waals surface area contributed by atoms with Crippen LogP contribution in [-0.4, -0.2) is 31.4 Å². The van der Waals surface area contributed by atoms with Gasteiger partial charge in [0.25, 0.3) is 0 Å². The summed E-state index contributed by atoms with van der Waals surface area (Å²) in [6, 6.07) is 12.4. The van der Waals surface area contributed by atoms with E-state index < -0.39 is 12.0 Å². The number of benzene rings is 2. The predicted octanol–water partition coefficient (Wildman–Crippen LogP) is 3.99. The smallest absolute Gasteiger partial charge is 0.337 e. The van der Waals surface area contributed by atoms with Crippen molar-refractivity contribution in [3.05, 3.63) is 64.3 Å². The number of allylic oxidation sites excluding steroid dienone is 1. The fourth-order valence-corrected chi connectivity index (χ4v) is 3.99. The van der Waals surface area contributed by atoms with Crippen molar-refractivity contribution >= 4 is 40.6 Å². The van der Waals surface area contributed by atoms with Crippen molar-refractivity contribution < 1.29 is 19.0 Å². The maximum absolute atomic E-state index is 12.7. The second-order valence-electron chi connectivity index (χ2n) is 6.59. The number of nitrogens with one attached hydrogen (secondary N) is 1. The summed E-state index contributed by atoms with van der Waals surface area (Å²) in [4.78, 5) is 14.5. The fourth-order valence-electron chi connectivity index (χ4n) is 3.50. The minimum absolute atomic E-state index is 0.431. The van der Waals surface area contributed by atoms with Crippen LogP contribution in [0.2, 0.25) is 5.02 Å². The van der Waals surface area contributed by atoms with Gasteiger partial charge in [-0.15, -0.1) is 0 Å². The Morgan fingerprint density at radius 2 is 1.86 bits per heavy atom. The molecule has 0 fully saturated rings. The van der Waals surface area contributed by atoms with Crippen LogP contribution in [-0.2, 0) is 9.53 Å². The highest BCUT2D eigenvalue weighted by molar-refractivity contribution is 7.80. The van der Waals surface area contributed by atoms with Crippen molar-refractivity contribution in [2.24, 2.45) is 0 Å². The molecule has 0 spiro atoms. The quantitative estimate of drug-likeness (QED) is 0.583. The lowest BCUT2D eigenvalue weighted by Crippen LogP contribution is -2.48. The molecule has 1 atom stereocenters. The van der Waals surface area contributed by atoms with Gasteiger partial charge in [0.05, 0.1) is 24.4 Å². The molecular formula is C21H19ClN2O4S. The number of methoxy groups -OCH3 is 1. The maximum atomic E-state index is 12.7. The fraction of sp³-hybridized carbons (Fsp3) is 0.238. The van der Waals surface area contributed by atoms with Gasteiger partial charge in [0, 0.05) is 16.8 Å². The second-order valence-corrected chi connectivity index (χ2v) is 7.41. The highest BCUT2D eigenvalue weighted by atomic mass is 35.5. The van der Waals surface area contributed by atoms with E-state index in [2.05, 4.69) is 5.32 Å². The van der Waals surface area contributed by atoms with Crippen molar-refractivity contribution in [1.29, 1.82) is 0 Å². The lowest BCUT2D eigenvalue weighted by atomic mass is 9.95. The van der Waals surface area contributed by atoms with Gasteiger partial charge in [0.1, 0.15) is 13.2 Å². The Balaban J connectivity index is 1.80. The molecule has 4 rings (SSSR count). The van der Waals surface area contributed by atoms with E-state index in [1.54, 1.807) is 17.0 Å². The average molecular weight is 431 g/mol. The van der Waals surface area contributed by atoms with Gasteiger partial charge in [-0.1, -0.05) is 23.7 Å². The summed E-state index contributed by atoms with van der Waals surface area (Å²) in [5.41, 5.74) is 2.77. The van der Waals surface area contributed by atoms with E-state index in [0.717, 1.165) is 11.3 Å². The zero-order valence-corrected chi connectivity index (χ0v) is 17.5. The molecule has 1 N–H and O–H groups in total. The van der Waals surface area contributed by atoms with E-state index in [9.17, 15) is 4.79 Å². The van der Waals surface area contributed by atoms with Crippen molar-refractivity contribution in [2.45, 2.75) is 13.0 Å². The maximum Gasteiger partial charge on any atom is 0.337 e. The Morgan fingerprint density at radius 1 is 1.17 bits per heavy atom. The molecule has 8 heteroatoms. The van der Waals surface area contributed by atoms with Gasteiger partial charge in [-0.25, -0.2) is 4.79 Å². The zero-order valence-electron chi connectivity index (χ0n) is 15.9. The number of ether oxygens (including phenoxy) is 3. The lowest BCUT2D eigenvalue weighted by molar-refractivity contribution is -0.136. The minimum atomic E-state index is -0.444. The number of hydrogen-bond donors (Lipinski definition) is 1. The number of fused-ring (bicyclic) bond motifs is 1. The number of anilines is 1. The van der Waals surface area contributed by atoms with Crippen molar-refractivity contribution in [3.8, 4) is 11.5 Å². The molecule has 2 aliphatic rings. The van der Waals surface area contributed by atoms with Gasteiger partial charge in [-0.3, -0.25) is 4.90 Å². The average Bonchev–Trinajstić information content (AvgIpc) is 2.73. The molecule has 0 saturated carbocycles. The van der Waals surface area contributed by atoms with Crippen LogP contribution in [0.1, 0.15) is 18.5 Å². The number of nitrogens with zero attached hydrogens (tertiary/aromatic N) is 1. The van der Waals surface area contributed by atoms with E-state index in [0.29, 0.717) is 46.1 Å². The highest BCUT2D eigenvalue weighted by Gasteiger charge is 2.35. The third kappa shape index (κ3) is 3.63. The van der Waals surface area contributed by atoms with Crippen LogP contribution in [0.15, 0.2) is 53.7 Å². The van der Waals surface area contributed by atoms with Gasteiger partial charge in [-0.2, -0.15) is 0 Å². The van der Waals surface area contributed by atoms with E-state index >= 15 is 0 Å². The Kier molecular flexibility index (Phi) is 5.34. The molecule has 0 bridgehead atoms. The highest BCUT2D eigenvalue weighted by Crippen LogP contribution is 2.38. The predicted molar refractivity (Wildman–Crippen MR) is 115 cm³/mol. The first-order valence-electron chi connectivity index (χ1n) is 9.04. The van der Waals surface area contributed by atoms with E-state index in [-0.39, 0.29) is 0 Å². The first-order valence-corrected chi connectivity index (χ1v) is 9.83. The van der Waals surface area contributed by atoms with Crippen LogP contribution in [0, 0.1) is 0 Å². The molecule has 29 heavy (non-hydrogen) atoms. The molecule has 6 nitrogen and oxygen atoms in total. The summed E-state index contributed by atoms with van der Waals surface area (Å²) in [5.74, 6) is 0.897. The summed E-state index contributed by atoms with van der Waals surface area (Å²) in [5, 5.41) is 4.34. The largest absolute Gasteiger partial charge is 0.486 e. The number of hydrogen-bond acceptors (Lipinski definition) is 5. The molecular weight excluding hydrogens is 412 g/mol. The minimum Gasteiger partial charge on any atom is -0.486 e. The standard InChI is InChI=1S/C21H19ClN2O4S/c1-12-18(20(25)26-2)19(13-3-5-14(22)6-4-13)23-21(29)24(12)15-7-8-16-17(11-15)28-10-9-27-16/h3-8,11,19H,9-10H2,1-2H3,(H,23,29)/t19-/m1/s1. The van der Waals surface area contributed by atoms with Crippen LogP contribution >= 0.6 is 23.8 Å². The number of esters is 1. The van der Waals surface area contributed by atoms with Gasteiger partial charge in [0.2, 0.25) is 0 Å². The van der Waals surface area contributed by atoms with Crippen LogP contribution in [0.3, 0.4) is 0 Å². The summed E-state index contributed by atoms with van der Waals surface area (Å²) < 4.78 is 16.3. The normalized spacial score (nSPS) is 18.4. The molecule has 2 heterocycles. The summed E-state index contributed by atoms with van der Waals surface area (Å²) in [6.45, 7) is 2.85. The second kappa shape index (κ2) is 7.93. The van der Waals surface area contributed by atoms with Gasteiger partial charge in [0.15, 0.2) is 16.6 Å². The Hall–Kier alpha value is -2.77. The van der Waals surface area contributed by atoms with Crippen molar-refractivity contribution in [3.63, 3.8) is 0 Å². The van der Waals surface area contributed by atoms with Crippen molar-refractivity contribution in [1.82, 2.24) is 5.32 Å². The van der Waals surface area contributed by atoms with Gasteiger partial charge >= 0.3 is 5.97 Å². The molecule has 0 aliphatic carbocycles. The molecule has 0 amide bonds. The first-order chi connectivity index (χ1) is 14.0. The van der Waals surface area contributed by atoms with Crippen LogP contribution < -0.4 is 19.7 Å². The third-order valence-electron chi connectivity index (χ3n) is 4.88. The van der Waals surface area contributed by atoms with E-state index in [4.69, 9.17) is 38.0 Å². The number of carbonyl (C=O) groups is 1. The topological polar surface area (TPSA) is 60.0 Å². The molecule has 2 aromatic carbocycles. The number of rotatable bonds is 3. The Labute approximate surface area is 179 Å². The molecule has 150 valence electrons. The molecule has 2 aliphatic heterocycles. The first kappa shape index (κ1) is 19.5. The number of thiocarbonyl (C=S) groups is 1. The van der Waals surface area contributed by atoms with Crippen LogP contribution in [0.4, 0.5) is 5.69 Å². The third-order valence-corrected chi connectivity index (χ3v) is 5.43. The SMILES string of the molecule is COC(=O)C1=C(C)N(c2ccc3c(c2)OCCO3)C(=S)N[C@@H]1c1ccc(Cl)cc1. The molecule has 0 saturated heterocycles. The van der Waals surface area contributed by atoms with Crippen LogP contribution in [0.5, 0.6) is 11.5 Å². The van der Waals surface area contributed by atoms with Gasteiger partial charge < -0.3 is 19.5 Å². The van der Waals surface area contributed by atoms with Crippen molar-refractivity contribution in [2.75, 3.05) is 25.2 Å². The molecule has 0 aromatic heterocycles. The number of halogens is 1. The summed E-state index contributed by atoms with van der Waals surface area (Å²) in [7, 11) is 1.36. The summed E-state index contributed by atoms with van der Waals surface area (Å²) in [6.07, 6.45) is 0. The van der Waals surface area contributed by atoms with E-state index in [1.165, 1.54) is 7.11 Å². The van der Waals surface area contributed by atoms with Crippen LogP contribution in [0.25, 0.3) is 0 Å². The molecule has 0 unspecified atom stereocenters.